The van der Waals surface area contributed by atoms with E-state index >= 15 is 0 Å². The highest BCUT2D eigenvalue weighted by atomic mass is 19.4. The maximum Gasteiger partial charge on any atom is 0.573 e. The third-order valence-electron chi connectivity index (χ3n) is 5.49. The van der Waals surface area contributed by atoms with Crippen LogP contribution < -0.4 is 15.0 Å². The number of rotatable bonds is 4. The molecular weight excluding hydrogens is 416 g/mol. The molecule has 4 rings (SSSR count). The molecule has 2 aliphatic rings. The number of piperazine rings is 1. The maximum absolute atomic E-state index is 13.2. The second-order valence-corrected chi connectivity index (χ2v) is 7.56. The number of urea groups is 1. The molecule has 2 aromatic carbocycles. The van der Waals surface area contributed by atoms with Crippen molar-refractivity contribution in [3.05, 3.63) is 54.3 Å². The molecule has 6 nitrogen and oxygen atoms in total. The van der Waals surface area contributed by atoms with Crippen molar-refractivity contribution in [3.63, 3.8) is 0 Å². The molecule has 10 heteroatoms. The van der Waals surface area contributed by atoms with Crippen LogP contribution in [-0.2, 0) is 0 Å². The monoisotopic (exact) mass is 438 g/mol. The van der Waals surface area contributed by atoms with Crippen molar-refractivity contribution in [2.75, 3.05) is 49.5 Å². The number of nitrogens with one attached hydrogen (secondary N) is 1. The van der Waals surface area contributed by atoms with E-state index in [1.165, 1.54) is 24.3 Å². The minimum atomic E-state index is -4.70. The molecule has 1 N–H and O–H groups in total. The van der Waals surface area contributed by atoms with Gasteiger partial charge in [0.05, 0.1) is 0 Å². The Labute approximate surface area is 177 Å². The lowest BCUT2D eigenvalue weighted by Gasteiger charge is -2.48. The molecule has 0 aromatic heterocycles. The van der Waals surface area contributed by atoms with E-state index in [4.69, 9.17) is 0 Å². The Morgan fingerprint density at radius 3 is 2.29 bits per heavy atom. The summed E-state index contributed by atoms with van der Waals surface area (Å²) in [7, 11) is 0. The summed E-state index contributed by atoms with van der Waals surface area (Å²) in [4.78, 5) is 18.4. The van der Waals surface area contributed by atoms with Crippen LogP contribution in [0.4, 0.5) is 33.7 Å². The number of ether oxygens (including phenoxy) is 1. The second-order valence-electron chi connectivity index (χ2n) is 7.56. The van der Waals surface area contributed by atoms with Gasteiger partial charge in [0.2, 0.25) is 0 Å². The zero-order valence-electron chi connectivity index (χ0n) is 16.6. The fourth-order valence-electron chi connectivity index (χ4n) is 3.82. The minimum absolute atomic E-state index is 0.235. The van der Waals surface area contributed by atoms with Gasteiger partial charge in [0.1, 0.15) is 11.6 Å². The topological polar surface area (TPSA) is 48.1 Å². The van der Waals surface area contributed by atoms with Crippen molar-refractivity contribution >= 4 is 17.4 Å². The van der Waals surface area contributed by atoms with Gasteiger partial charge >= 0.3 is 12.4 Å². The average Bonchev–Trinajstić information content (AvgIpc) is 2.67. The molecule has 0 saturated carbocycles. The molecule has 2 aliphatic heterocycles. The normalized spacial score (nSPS) is 17.9. The van der Waals surface area contributed by atoms with Crippen LogP contribution in [0.3, 0.4) is 0 Å². The van der Waals surface area contributed by atoms with Gasteiger partial charge in [-0.3, -0.25) is 4.90 Å². The minimum Gasteiger partial charge on any atom is -0.406 e. The molecule has 2 heterocycles. The summed E-state index contributed by atoms with van der Waals surface area (Å²) in [5.41, 5.74) is 1.27. The molecule has 0 radical (unpaired) electrons. The summed E-state index contributed by atoms with van der Waals surface area (Å²) in [5.74, 6) is -0.638. The SMILES string of the molecule is O=C(Nc1cccc(F)c1)N1CC(N2CCN(c3ccc(OC(F)(F)F)cc3)CC2)C1. The number of anilines is 2. The van der Waals surface area contributed by atoms with Crippen molar-refractivity contribution in [3.8, 4) is 5.75 Å². The van der Waals surface area contributed by atoms with Gasteiger partial charge in [-0.05, 0) is 42.5 Å². The molecule has 31 heavy (non-hydrogen) atoms. The predicted molar refractivity (Wildman–Crippen MR) is 108 cm³/mol. The van der Waals surface area contributed by atoms with Gasteiger partial charge < -0.3 is 19.9 Å². The number of amides is 2. The van der Waals surface area contributed by atoms with E-state index in [2.05, 4.69) is 19.9 Å². The molecule has 0 atom stereocenters. The number of nitrogens with zero attached hydrogens (tertiary/aromatic N) is 3. The Balaban J connectivity index is 1.22. The number of carbonyl (C=O) groups excluding carboxylic acids is 1. The summed E-state index contributed by atoms with van der Waals surface area (Å²) in [6, 6.07) is 11.7. The Morgan fingerprint density at radius 1 is 1.00 bits per heavy atom. The van der Waals surface area contributed by atoms with E-state index in [-0.39, 0.29) is 17.8 Å². The summed E-state index contributed by atoms with van der Waals surface area (Å²) in [5, 5.41) is 2.69. The smallest absolute Gasteiger partial charge is 0.406 e. The van der Waals surface area contributed by atoms with Crippen molar-refractivity contribution in [2.24, 2.45) is 0 Å². The maximum atomic E-state index is 13.2. The van der Waals surface area contributed by atoms with E-state index in [1.807, 2.05) is 0 Å². The first-order chi connectivity index (χ1) is 14.8. The van der Waals surface area contributed by atoms with Gasteiger partial charge in [-0.1, -0.05) is 6.07 Å². The van der Waals surface area contributed by atoms with Crippen molar-refractivity contribution in [1.29, 1.82) is 0 Å². The van der Waals surface area contributed by atoms with Crippen LogP contribution in [0.15, 0.2) is 48.5 Å². The van der Waals surface area contributed by atoms with E-state index in [1.54, 1.807) is 29.2 Å². The zero-order valence-corrected chi connectivity index (χ0v) is 16.6. The van der Waals surface area contributed by atoms with Gasteiger partial charge in [-0.15, -0.1) is 13.2 Å². The molecule has 2 saturated heterocycles. The van der Waals surface area contributed by atoms with Crippen molar-refractivity contribution in [2.45, 2.75) is 12.4 Å². The Morgan fingerprint density at radius 2 is 1.68 bits per heavy atom. The van der Waals surface area contributed by atoms with Crippen LogP contribution in [0.2, 0.25) is 0 Å². The summed E-state index contributed by atoms with van der Waals surface area (Å²) < 4.78 is 54.0. The van der Waals surface area contributed by atoms with E-state index in [0.29, 0.717) is 18.8 Å². The lowest BCUT2D eigenvalue weighted by Crippen LogP contribution is -2.64. The quantitative estimate of drug-likeness (QED) is 0.739. The van der Waals surface area contributed by atoms with Gasteiger partial charge in [-0.25, -0.2) is 9.18 Å². The Bertz CT molecular complexity index is 908. The van der Waals surface area contributed by atoms with Crippen LogP contribution in [0.25, 0.3) is 0 Å². The third-order valence-corrected chi connectivity index (χ3v) is 5.49. The van der Waals surface area contributed by atoms with E-state index < -0.39 is 12.2 Å². The molecule has 0 spiro atoms. The second kappa shape index (κ2) is 8.62. The van der Waals surface area contributed by atoms with Crippen molar-refractivity contribution < 1.29 is 27.1 Å². The van der Waals surface area contributed by atoms with Crippen LogP contribution in [0.1, 0.15) is 0 Å². The average molecular weight is 438 g/mol. The highest BCUT2D eigenvalue weighted by Crippen LogP contribution is 2.26. The van der Waals surface area contributed by atoms with Gasteiger partial charge in [0.25, 0.3) is 0 Å². The number of likely N-dealkylation sites (tertiary alicyclic amines) is 1. The number of alkyl halides is 3. The predicted octanol–water partition coefficient (Wildman–Crippen LogP) is 3.76. The zero-order chi connectivity index (χ0) is 22.0. The fourth-order valence-corrected chi connectivity index (χ4v) is 3.82. The summed E-state index contributed by atoms with van der Waals surface area (Å²) in [6.45, 7) is 4.28. The molecule has 0 bridgehead atoms. The molecule has 0 unspecified atom stereocenters. The van der Waals surface area contributed by atoms with Crippen LogP contribution in [0.5, 0.6) is 5.75 Å². The number of carbonyl (C=O) groups is 1. The first kappa shape index (κ1) is 21.2. The fraction of sp³-hybridized carbons (Fsp3) is 0.381. The lowest BCUT2D eigenvalue weighted by molar-refractivity contribution is -0.274. The lowest BCUT2D eigenvalue weighted by atomic mass is 10.1. The highest BCUT2D eigenvalue weighted by molar-refractivity contribution is 5.89. The molecule has 166 valence electrons. The Kier molecular flexibility index (Phi) is 5.90. The number of hydrogen-bond acceptors (Lipinski definition) is 4. The number of benzene rings is 2. The molecule has 2 amide bonds. The molecule has 2 aromatic rings. The number of hydrogen-bond donors (Lipinski definition) is 1. The Hall–Kier alpha value is -3.01. The van der Waals surface area contributed by atoms with Gasteiger partial charge in [0.15, 0.2) is 0 Å². The standard InChI is InChI=1S/C21H22F4N4O2/c22-15-2-1-3-16(12-15)26-20(30)29-13-18(14-29)28-10-8-27(9-11-28)17-4-6-19(7-5-17)31-21(23,24)25/h1-7,12,18H,8-11,13-14H2,(H,26,30). The molecular formula is C21H22F4N4O2. The first-order valence-corrected chi connectivity index (χ1v) is 9.93. The van der Waals surface area contributed by atoms with Gasteiger partial charge in [-0.2, -0.15) is 0 Å². The van der Waals surface area contributed by atoms with Crippen molar-refractivity contribution in [1.82, 2.24) is 9.80 Å². The molecule has 2 fully saturated rings. The van der Waals surface area contributed by atoms with E-state index in [9.17, 15) is 22.4 Å². The summed E-state index contributed by atoms with van der Waals surface area (Å²) >= 11 is 0. The summed E-state index contributed by atoms with van der Waals surface area (Å²) in [6.07, 6.45) is -4.70. The van der Waals surface area contributed by atoms with Crippen LogP contribution in [-0.4, -0.2) is 67.5 Å². The molecule has 0 aliphatic carbocycles. The van der Waals surface area contributed by atoms with Gasteiger partial charge in [0, 0.05) is 56.7 Å². The largest absolute Gasteiger partial charge is 0.573 e. The first-order valence-electron chi connectivity index (χ1n) is 9.93. The third kappa shape index (κ3) is 5.38. The van der Waals surface area contributed by atoms with E-state index in [0.717, 1.165) is 31.9 Å². The number of halogens is 4. The van der Waals surface area contributed by atoms with Crippen LogP contribution in [0, 0.1) is 5.82 Å². The van der Waals surface area contributed by atoms with Crippen LogP contribution >= 0.6 is 0 Å². The highest BCUT2D eigenvalue weighted by Gasteiger charge is 2.36.